The van der Waals surface area contributed by atoms with E-state index in [0.29, 0.717) is 44.6 Å². The first-order chi connectivity index (χ1) is 16.4. The van der Waals surface area contributed by atoms with Gasteiger partial charge in [0.2, 0.25) is 0 Å². The van der Waals surface area contributed by atoms with Gasteiger partial charge in [0.05, 0.1) is 11.4 Å². The van der Waals surface area contributed by atoms with Crippen LogP contribution in [0.3, 0.4) is 0 Å². The average Bonchev–Trinajstić information content (AvgIpc) is 2.78. The van der Waals surface area contributed by atoms with Crippen molar-refractivity contribution in [3.63, 3.8) is 0 Å². The van der Waals surface area contributed by atoms with Crippen LogP contribution in [0.15, 0.2) is 54.6 Å². The predicted molar refractivity (Wildman–Crippen MR) is 138 cm³/mol. The van der Waals surface area contributed by atoms with Crippen molar-refractivity contribution < 1.29 is 9.47 Å². The fourth-order valence-electron chi connectivity index (χ4n) is 6.84. The number of benzene rings is 3. The molecule has 0 unspecified atom stereocenters. The molecule has 0 aliphatic heterocycles. The Morgan fingerprint density at radius 2 is 1.18 bits per heavy atom. The zero-order valence-corrected chi connectivity index (χ0v) is 20.4. The van der Waals surface area contributed by atoms with E-state index in [9.17, 15) is 0 Å². The first-order valence-corrected chi connectivity index (χ1v) is 12.8. The molecule has 0 spiro atoms. The summed E-state index contributed by atoms with van der Waals surface area (Å²) in [5.41, 5.74) is 14.6. The molecule has 0 radical (unpaired) electrons. The summed E-state index contributed by atoms with van der Waals surface area (Å²) >= 11 is 12.2. The number of anilines is 2. The number of nitrogen functional groups attached to an aromatic ring is 2. The third kappa shape index (κ3) is 4.08. The maximum absolute atomic E-state index is 6.46. The molecule has 3 aromatic carbocycles. The highest BCUT2D eigenvalue weighted by atomic mass is 35.5. The minimum Gasteiger partial charge on any atom is -0.455 e. The van der Waals surface area contributed by atoms with E-state index in [1.54, 1.807) is 30.3 Å². The summed E-state index contributed by atoms with van der Waals surface area (Å²) in [5.74, 6) is 6.36. The third-order valence-corrected chi connectivity index (χ3v) is 8.43. The maximum Gasteiger partial charge on any atom is 0.150 e. The van der Waals surface area contributed by atoms with Gasteiger partial charge in [0.15, 0.2) is 0 Å². The summed E-state index contributed by atoms with van der Waals surface area (Å²) in [4.78, 5) is 0. The molecule has 4 aliphatic carbocycles. The van der Waals surface area contributed by atoms with Gasteiger partial charge in [0, 0.05) is 16.1 Å². The van der Waals surface area contributed by atoms with Crippen molar-refractivity contribution in [1.29, 1.82) is 0 Å². The lowest BCUT2D eigenvalue weighted by atomic mass is 9.50. The molecular weight excluding hydrogens is 467 g/mol. The molecule has 0 heterocycles. The van der Waals surface area contributed by atoms with Gasteiger partial charge in [-0.2, -0.15) is 0 Å². The second-order valence-corrected chi connectivity index (χ2v) is 11.1. The Bertz CT molecular complexity index is 1220. The van der Waals surface area contributed by atoms with Gasteiger partial charge in [-0.15, -0.1) is 0 Å². The SMILES string of the molecule is Nc1cc(Cl)ccc1Oc1ccc(C2C3CC4CC(C3)CC2C4)c(Oc2ccc(Cl)cc2N)c1. The summed E-state index contributed by atoms with van der Waals surface area (Å²) in [6.45, 7) is 0. The van der Waals surface area contributed by atoms with Crippen LogP contribution in [0.25, 0.3) is 0 Å². The first-order valence-electron chi connectivity index (χ1n) is 12.0. The lowest BCUT2D eigenvalue weighted by Crippen LogP contribution is -2.43. The molecule has 4 fully saturated rings. The van der Waals surface area contributed by atoms with E-state index in [1.807, 2.05) is 18.2 Å². The molecule has 7 rings (SSSR count). The molecule has 4 bridgehead atoms. The third-order valence-electron chi connectivity index (χ3n) is 7.96. The molecule has 4 aliphatic rings. The van der Waals surface area contributed by atoms with Gasteiger partial charge in [-0.05, 0) is 110 Å². The summed E-state index contributed by atoms with van der Waals surface area (Å²) in [5, 5.41) is 1.16. The number of nitrogens with two attached hydrogens (primary N) is 2. The van der Waals surface area contributed by atoms with E-state index >= 15 is 0 Å². The molecule has 4 nitrogen and oxygen atoms in total. The van der Waals surface area contributed by atoms with Crippen LogP contribution < -0.4 is 20.9 Å². The molecule has 176 valence electrons. The van der Waals surface area contributed by atoms with Gasteiger partial charge >= 0.3 is 0 Å². The number of ether oxygens (including phenoxy) is 2. The largest absolute Gasteiger partial charge is 0.455 e. The van der Waals surface area contributed by atoms with Crippen molar-refractivity contribution in [2.75, 3.05) is 11.5 Å². The van der Waals surface area contributed by atoms with E-state index in [1.165, 1.54) is 37.7 Å². The van der Waals surface area contributed by atoms with Crippen molar-refractivity contribution in [1.82, 2.24) is 0 Å². The van der Waals surface area contributed by atoms with Crippen molar-refractivity contribution in [3.8, 4) is 23.0 Å². The monoisotopic (exact) mass is 494 g/mol. The molecule has 0 saturated heterocycles. The van der Waals surface area contributed by atoms with Gasteiger partial charge in [-0.25, -0.2) is 0 Å². The molecule has 0 atom stereocenters. The molecule has 4 N–H and O–H groups in total. The van der Waals surface area contributed by atoms with Crippen LogP contribution in [-0.2, 0) is 0 Å². The Morgan fingerprint density at radius 3 is 1.74 bits per heavy atom. The molecule has 34 heavy (non-hydrogen) atoms. The highest BCUT2D eigenvalue weighted by Gasteiger charge is 2.49. The first kappa shape index (κ1) is 21.9. The Kier molecular flexibility index (Phi) is 5.54. The smallest absolute Gasteiger partial charge is 0.150 e. The van der Waals surface area contributed by atoms with Gasteiger partial charge in [-0.3, -0.25) is 0 Å². The van der Waals surface area contributed by atoms with Crippen molar-refractivity contribution in [2.24, 2.45) is 23.7 Å². The van der Waals surface area contributed by atoms with Crippen LogP contribution in [0.5, 0.6) is 23.0 Å². The normalized spacial score (nSPS) is 27.1. The van der Waals surface area contributed by atoms with E-state index in [-0.39, 0.29) is 0 Å². The zero-order valence-electron chi connectivity index (χ0n) is 18.8. The number of hydrogen-bond donors (Lipinski definition) is 2. The quantitative estimate of drug-likeness (QED) is 0.350. The summed E-state index contributed by atoms with van der Waals surface area (Å²) < 4.78 is 12.6. The Balaban J connectivity index is 1.38. The molecule has 4 saturated carbocycles. The van der Waals surface area contributed by atoms with Crippen molar-refractivity contribution in [2.45, 2.75) is 38.0 Å². The van der Waals surface area contributed by atoms with Gasteiger partial charge in [0.25, 0.3) is 0 Å². The topological polar surface area (TPSA) is 70.5 Å². The van der Waals surface area contributed by atoms with Crippen molar-refractivity contribution in [3.05, 3.63) is 70.2 Å². The fourth-order valence-corrected chi connectivity index (χ4v) is 7.21. The van der Waals surface area contributed by atoms with Crippen LogP contribution >= 0.6 is 23.2 Å². The van der Waals surface area contributed by atoms with Crippen LogP contribution in [0.1, 0.15) is 43.6 Å². The molecule has 0 aromatic heterocycles. The number of rotatable bonds is 5. The fraction of sp³-hybridized carbons (Fsp3) is 0.357. The Hall–Kier alpha value is -2.56. The van der Waals surface area contributed by atoms with E-state index in [4.69, 9.17) is 44.1 Å². The Morgan fingerprint density at radius 1 is 0.618 bits per heavy atom. The van der Waals surface area contributed by atoms with Crippen LogP contribution in [0.2, 0.25) is 10.0 Å². The lowest BCUT2D eigenvalue weighted by molar-refractivity contribution is -0.00336. The van der Waals surface area contributed by atoms with E-state index in [2.05, 4.69) is 6.07 Å². The summed E-state index contributed by atoms with van der Waals surface area (Å²) in [6.07, 6.45) is 6.76. The summed E-state index contributed by atoms with van der Waals surface area (Å²) in [7, 11) is 0. The second-order valence-electron chi connectivity index (χ2n) is 10.2. The summed E-state index contributed by atoms with van der Waals surface area (Å²) in [6, 6.07) is 16.7. The predicted octanol–water partition coefficient (Wildman–Crippen LogP) is 8.28. The second kappa shape index (κ2) is 8.58. The minimum atomic E-state index is 0.488. The van der Waals surface area contributed by atoms with Gasteiger partial charge in [-0.1, -0.05) is 29.3 Å². The molecular formula is C28H28Cl2N2O2. The van der Waals surface area contributed by atoms with Crippen LogP contribution in [0, 0.1) is 23.7 Å². The molecule has 3 aromatic rings. The van der Waals surface area contributed by atoms with Crippen LogP contribution in [-0.4, -0.2) is 0 Å². The van der Waals surface area contributed by atoms with Gasteiger partial charge < -0.3 is 20.9 Å². The van der Waals surface area contributed by atoms with Crippen molar-refractivity contribution >= 4 is 34.6 Å². The van der Waals surface area contributed by atoms with Gasteiger partial charge in [0.1, 0.15) is 23.0 Å². The zero-order chi connectivity index (χ0) is 23.4. The average molecular weight is 495 g/mol. The van der Waals surface area contributed by atoms with Crippen LogP contribution in [0.4, 0.5) is 11.4 Å². The highest BCUT2D eigenvalue weighted by Crippen LogP contribution is 2.61. The lowest BCUT2D eigenvalue weighted by Gasteiger charge is -2.54. The van der Waals surface area contributed by atoms with E-state index in [0.717, 1.165) is 29.4 Å². The molecule has 0 amide bonds. The number of hydrogen-bond acceptors (Lipinski definition) is 4. The highest BCUT2D eigenvalue weighted by molar-refractivity contribution is 6.31. The molecule has 6 heteroatoms. The standard InChI is InChI=1S/C28H28Cl2N2O2/c29-19-1-5-25(23(31)12-19)33-21-3-4-22(27(14-21)34-26-6-2-20(30)13-24(26)32)28-17-8-15-7-16(10-17)11-18(28)9-15/h1-6,12-18,28H,7-11,31-32H2. The Labute approximate surface area is 210 Å². The maximum atomic E-state index is 6.46. The minimum absolute atomic E-state index is 0.488. The van der Waals surface area contributed by atoms with E-state index < -0.39 is 0 Å². The number of halogens is 2.